The highest BCUT2D eigenvalue weighted by Gasteiger charge is 2.26. The molecule has 90 heavy (non-hydrogen) atoms. The Labute approximate surface area is 528 Å². The first kappa shape index (κ1) is 75.1. The van der Waals surface area contributed by atoms with Crippen LogP contribution in [0.3, 0.4) is 0 Å². The molecule has 20 nitrogen and oxygen atoms in total. The highest BCUT2D eigenvalue weighted by molar-refractivity contribution is 7.92. The summed E-state index contributed by atoms with van der Waals surface area (Å²) >= 11 is 0. The lowest BCUT2D eigenvalue weighted by atomic mass is 9.97. The summed E-state index contributed by atoms with van der Waals surface area (Å²) in [6, 6.07) is 17.2. The van der Waals surface area contributed by atoms with Gasteiger partial charge in [0.15, 0.2) is 0 Å². The van der Waals surface area contributed by atoms with E-state index in [9.17, 15) is 63.6 Å². The van der Waals surface area contributed by atoms with Crippen molar-refractivity contribution in [2.75, 3.05) is 52.8 Å². The van der Waals surface area contributed by atoms with Crippen LogP contribution in [0.25, 0.3) is 52.0 Å². The maximum atomic E-state index is 13.5. The van der Waals surface area contributed by atoms with Crippen molar-refractivity contribution in [1.29, 1.82) is 0 Å². The molecule has 0 unspecified atom stereocenters. The molecule has 0 aliphatic heterocycles. The van der Waals surface area contributed by atoms with Crippen molar-refractivity contribution in [1.82, 2.24) is 29.9 Å². The van der Waals surface area contributed by atoms with Crippen LogP contribution in [-0.2, 0) is 34.9 Å². The highest BCUT2D eigenvalue weighted by Crippen LogP contribution is 2.35. The van der Waals surface area contributed by atoms with Gasteiger partial charge in [0.05, 0.1) is 77.3 Å². The van der Waals surface area contributed by atoms with E-state index in [1.807, 2.05) is 55.4 Å². The van der Waals surface area contributed by atoms with Crippen molar-refractivity contribution >= 4 is 71.9 Å². The first-order valence-electron chi connectivity index (χ1n) is 29.1. The van der Waals surface area contributed by atoms with E-state index in [1.54, 1.807) is 73.7 Å². The molecule has 6 aromatic rings. The molecule has 490 valence electrons. The van der Waals surface area contributed by atoms with Crippen molar-refractivity contribution in [2.24, 2.45) is 0 Å². The summed E-state index contributed by atoms with van der Waals surface area (Å²) in [7, 11) is -6.64. The zero-order chi connectivity index (χ0) is 67.7. The summed E-state index contributed by atoms with van der Waals surface area (Å²) in [4.78, 5) is 38.4. The van der Waals surface area contributed by atoms with Crippen LogP contribution in [0.2, 0.25) is 0 Å². The minimum atomic E-state index is -3.61. The number of nitrogens with zero attached hydrogens (tertiary/aromatic N) is 9. The fourth-order valence-electron chi connectivity index (χ4n) is 8.32. The van der Waals surface area contributed by atoms with Gasteiger partial charge in [-0.05, 0) is 103 Å². The second kappa shape index (κ2) is 33.1. The molecule has 0 aliphatic carbocycles. The fraction of sp³-hybridized carbons (Fsp3) is 0.422. The van der Waals surface area contributed by atoms with E-state index in [-0.39, 0.29) is 60.0 Å². The van der Waals surface area contributed by atoms with Crippen molar-refractivity contribution in [3.63, 3.8) is 0 Å². The van der Waals surface area contributed by atoms with Crippen molar-refractivity contribution in [3.05, 3.63) is 142 Å². The van der Waals surface area contributed by atoms with Crippen LogP contribution >= 0.6 is 0 Å². The van der Waals surface area contributed by atoms with Gasteiger partial charge in [0.1, 0.15) is 23.2 Å². The standard InChI is InChI=1S/C22H30FN3O4S.C22H28FN3O4S.C20H26FN3O3S/c2*1-6-17(27)13-18(28)11-12-19-20(14(2)3)24-22(26(4)31(5,29)30)25-21(19)15-7-9-16(23)10-8-15;1-6-16(25)11-12-17-18(13(2)3)22-20(24(4)28(5,26)27)23-19(17)14-7-9-15(21)10-8-14/h7-12,14,17-18,27-28H,6,13H2,1-5H3;7-12,14,18,28H,6,13H2,1-5H3;7-13,16,25H,6H2,1-5H3/b3*12-11+/t17-,18+;18-;16-/m010/s1. The van der Waals surface area contributed by atoms with Gasteiger partial charge < -0.3 is 20.4 Å². The van der Waals surface area contributed by atoms with Gasteiger partial charge in [-0.15, -0.1) is 0 Å². The number of carbonyl (C=O) groups is 1. The molecule has 6 rings (SSSR count). The highest BCUT2D eigenvalue weighted by atomic mass is 32.2. The maximum Gasteiger partial charge on any atom is 0.239 e. The summed E-state index contributed by atoms with van der Waals surface area (Å²) in [5.74, 6) is -1.47. The fourth-order valence-corrected chi connectivity index (χ4v) is 9.45. The maximum absolute atomic E-state index is 13.5. The second-order valence-corrected chi connectivity index (χ2v) is 28.3. The third kappa shape index (κ3) is 21.7. The monoisotopic (exact) mass is 1310 g/mol. The smallest absolute Gasteiger partial charge is 0.239 e. The third-order valence-corrected chi connectivity index (χ3v) is 17.4. The number of rotatable bonds is 25. The first-order chi connectivity index (χ1) is 41.9. The Hall–Kier alpha value is -7.33. The molecule has 0 radical (unpaired) electrons. The minimum absolute atomic E-state index is 0.00429. The molecule has 26 heteroatoms. The lowest BCUT2D eigenvalue weighted by molar-refractivity contribution is -0.120. The Morgan fingerprint density at radius 3 is 0.978 bits per heavy atom. The first-order valence-corrected chi connectivity index (χ1v) is 34.6. The van der Waals surface area contributed by atoms with E-state index >= 15 is 0 Å². The van der Waals surface area contributed by atoms with Crippen LogP contribution in [0.4, 0.5) is 31.0 Å². The number of hydrogen-bond donors (Lipinski definition) is 4. The molecule has 0 bridgehead atoms. The predicted molar refractivity (Wildman–Crippen MR) is 351 cm³/mol. The van der Waals surface area contributed by atoms with E-state index in [2.05, 4.69) is 29.9 Å². The van der Waals surface area contributed by atoms with Crippen LogP contribution in [0.15, 0.2) is 91.0 Å². The quantitative estimate of drug-likeness (QED) is 0.0414. The number of aliphatic hydroxyl groups is 4. The molecule has 0 fully saturated rings. The normalized spacial score (nSPS) is 13.5. The van der Waals surface area contributed by atoms with Crippen LogP contribution in [-0.4, -0.2) is 146 Å². The lowest BCUT2D eigenvalue weighted by Gasteiger charge is -2.20. The molecular weight excluding hydrogens is 1220 g/mol. The van der Waals surface area contributed by atoms with Crippen LogP contribution < -0.4 is 12.9 Å². The largest absolute Gasteiger partial charge is 0.393 e. The molecule has 0 saturated carbocycles. The van der Waals surface area contributed by atoms with Gasteiger partial charge >= 0.3 is 0 Å². The molecular formula is C64H84F3N9O11S3. The molecule has 3 aromatic carbocycles. The van der Waals surface area contributed by atoms with Crippen molar-refractivity contribution < 1.29 is 63.6 Å². The number of carbonyl (C=O) groups excluding carboxylic acids is 1. The van der Waals surface area contributed by atoms with Crippen molar-refractivity contribution in [2.45, 2.75) is 137 Å². The SMILES string of the molecule is CCC(=O)C[C@H](O)/C=C/c1c(-c2ccc(F)cc2)nc(N(C)S(C)(=O)=O)nc1C(C)C.CC[C@H](O)/C=C/c1c(-c2ccc(F)cc2)nc(N(C)S(C)(=O)=O)nc1C(C)C.CC[C@H](O)C[C@H](O)/C=C/c1c(-c2ccc(F)cc2)nc(N(C)S(C)(=O)=O)nc1C(C)C. The van der Waals surface area contributed by atoms with Gasteiger partial charge in [-0.2, -0.15) is 0 Å². The van der Waals surface area contributed by atoms with Gasteiger partial charge in [0, 0.05) is 73.8 Å². The zero-order valence-electron chi connectivity index (χ0n) is 53.5. The number of aromatic nitrogens is 6. The van der Waals surface area contributed by atoms with E-state index in [1.165, 1.54) is 63.6 Å². The Morgan fingerprint density at radius 2 is 0.733 bits per heavy atom. The Kier molecular flexibility index (Phi) is 27.7. The number of sulfonamides is 3. The number of benzene rings is 3. The van der Waals surface area contributed by atoms with E-state index < -0.39 is 66.1 Å². The molecule has 0 aliphatic rings. The van der Waals surface area contributed by atoms with Gasteiger partial charge in [-0.25, -0.2) is 81.2 Å². The van der Waals surface area contributed by atoms with Crippen LogP contribution in [0, 0.1) is 17.5 Å². The third-order valence-electron chi connectivity index (χ3n) is 13.9. The van der Waals surface area contributed by atoms with Gasteiger partial charge in [-0.3, -0.25) is 4.79 Å². The summed E-state index contributed by atoms with van der Waals surface area (Å²) in [6.07, 6.45) is 11.4. The Balaban J connectivity index is 0.000000289. The number of hydrogen-bond acceptors (Lipinski definition) is 17. The average Bonchev–Trinajstić information content (AvgIpc) is 1.69. The Morgan fingerprint density at radius 1 is 0.456 bits per heavy atom. The number of ketones is 1. The minimum Gasteiger partial charge on any atom is -0.393 e. The molecule has 0 spiro atoms. The molecule has 0 saturated heterocycles. The summed E-state index contributed by atoms with van der Waals surface area (Å²) in [6.45, 7) is 16.9. The average molecular weight is 1310 g/mol. The summed E-state index contributed by atoms with van der Waals surface area (Å²) in [5, 5.41) is 40.2. The molecule has 3 heterocycles. The number of halogens is 3. The molecule has 0 amide bonds. The lowest BCUT2D eigenvalue weighted by Crippen LogP contribution is -2.27. The van der Waals surface area contributed by atoms with Gasteiger partial charge in [0.2, 0.25) is 47.9 Å². The van der Waals surface area contributed by atoms with Gasteiger partial charge in [0.25, 0.3) is 0 Å². The van der Waals surface area contributed by atoms with E-state index in [0.29, 0.717) is 86.8 Å². The number of aliphatic hydroxyl groups excluding tert-OH is 4. The van der Waals surface area contributed by atoms with E-state index in [0.717, 1.165) is 31.7 Å². The molecule has 3 aromatic heterocycles. The second-order valence-electron chi connectivity index (χ2n) is 22.3. The zero-order valence-corrected chi connectivity index (χ0v) is 55.9. The molecule has 4 N–H and O–H groups in total. The molecule has 4 atom stereocenters. The van der Waals surface area contributed by atoms with E-state index in [4.69, 9.17) is 0 Å². The summed E-state index contributed by atoms with van der Waals surface area (Å²) in [5.41, 5.74) is 6.67. The number of anilines is 3. The van der Waals surface area contributed by atoms with Crippen LogP contribution in [0.5, 0.6) is 0 Å². The summed E-state index contributed by atoms with van der Waals surface area (Å²) < 4.78 is 116. The Bertz CT molecular complexity index is 3840. The van der Waals surface area contributed by atoms with Crippen molar-refractivity contribution in [3.8, 4) is 33.8 Å². The van der Waals surface area contributed by atoms with Gasteiger partial charge in [-0.1, -0.05) is 98.8 Å². The van der Waals surface area contributed by atoms with Crippen LogP contribution in [0.1, 0.15) is 146 Å². The number of Topliss-reactive ketones (excluding diaryl/α,β-unsaturated/α-hetero) is 1. The topological polar surface area (TPSA) is 287 Å². The predicted octanol–water partition coefficient (Wildman–Crippen LogP) is 10.5.